The van der Waals surface area contributed by atoms with E-state index in [9.17, 15) is 0 Å². The molecule has 0 saturated carbocycles. The highest BCUT2D eigenvalue weighted by atomic mass is 127. The van der Waals surface area contributed by atoms with Crippen LogP contribution < -0.4 is 0 Å². The van der Waals surface area contributed by atoms with Crippen LogP contribution >= 0.6 is 22.6 Å². The summed E-state index contributed by atoms with van der Waals surface area (Å²) in [5.41, 5.74) is 4.28. The second-order valence-corrected chi connectivity index (χ2v) is 10.1. The summed E-state index contributed by atoms with van der Waals surface area (Å²) in [6, 6.07) is 8.08. The molecule has 0 nitrogen and oxygen atoms in total. The van der Waals surface area contributed by atoms with Crippen LogP contribution in [0.15, 0.2) is 24.3 Å². The lowest BCUT2D eigenvalue weighted by atomic mass is 10.2. The molecular formula is C13H13ISi. The summed E-state index contributed by atoms with van der Waals surface area (Å²) in [6.45, 7) is 6.65. The van der Waals surface area contributed by atoms with Crippen LogP contribution in [0.1, 0.15) is 5.56 Å². The van der Waals surface area contributed by atoms with E-state index in [-0.39, 0.29) is 0 Å². The maximum Gasteiger partial charge on any atom is 0.130 e. The normalized spacial score (nSPS) is 9.60. The Morgan fingerprint density at radius 2 is 1.73 bits per heavy atom. The average Bonchev–Trinajstić information content (AvgIpc) is 2.13. The van der Waals surface area contributed by atoms with Crippen molar-refractivity contribution in [1.29, 1.82) is 0 Å². The van der Waals surface area contributed by atoms with Crippen LogP contribution in [0.2, 0.25) is 19.6 Å². The quantitative estimate of drug-likeness (QED) is 0.389. The molecule has 0 heterocycles. The van der Waals surface area contributed by atoms with Gasteiger partial charge in [-0.05, 0) is 46.6 Å². The van der Waals surface area contributed by atoms with Gasteiger partial charge in [0.25, 0.3) is 0 Å². The number of rotatable bonds is 0. The third-order valence-corrected chi connectivity index (χ3v) is 3.39. The van der Waals surface area contributed by atoms with Gasteiger partial charge in [-0.3, -0.25) is 0 Å². The molecule has 0 aromatic heterocycles. The maximum atomic E-state index is 3.22. The molecule has 0 spiro atoms. The van der Waals surface area contributed by atoms with Gasteiger partial charge in [-0.2, -0.15) is 0 Å². The van der Waals surface area contributed by atoms with E-state index in [1.165, 1.54) is 3.57 Å². The number of hydrogen-bond acceptors (Lipinski definition) is 0. The van der Waals surface area contributed by atoms with E-state index in [1.54, 1.807) is 0 Å². The SMILES string of the molecule is C[Si](C)(C)C#CC#Cc1ccccc1I. The summed E-state index contributed by atoms with van der Waals surface area (Å²) in [5, 5.41) is 0. The van der Waals surface area contributed by atoms with Crippen LogP contribution in [0.4, 0.5) is 0 Å². The summed E-state index contributed by atoms with van der Waals surface area (Å²) in [6.07, 6.45) is 0. The smallest absolute Gasteiger partial charge is 0.118 e. The molecule has 1 aromatic carbocycles. The van der Waals surface area contributed by atoms with E-state index in [0.717, 1.165) is 5.56 Å². The lowest BCUT2D eigenvalue weighted by Crippen LogP contribution is -2.16. The van der Waals surface area contributed by atoms with Gasteiger partial charge in [-0.1, -0.05) is 37.7 Å². The zero-order valence-electron chi connectivity index (χ0n) is 9.19. The molecule has 0 aliphatic rings. The molecule has 0 N–H and O–H groups in total. The van der Waals surface area contributed by atoms with Crippen molar-refractivity contribution in [2.75, 3.05) is 0 Å². The van der Waals surface area contributed by atoms with Crippen molar-refractivity contribution in [2.24, 2.45) is 0 Å². The molecule has 0 radical (unpaired) electrons. The lowest BCUT2D eigenvalue weighted by Gasteiger charge is -2.01. The Bertz CT molecular complexity index is 461. The van der Waals surface area contributed by atoms with Crippen LogP contribution in [-0.2, 0) is 0 Å². The Morgan fingerprint density at radius 1 is 1.07 bits per heavy atom. The molecule has 0 aliphatic heterocycles. The van der Waals surface area contributed by atoms with Crippen LogP contribution in [0.25, 0.3) is 0 Å². The summed E-state index contributed by atoms with van der Waals surface area (Å²) in [4.78, 5) is 0. The predicted molar refractivity (Wildman–Crippen MR) is 77.2 cm³/mol. The van der Waals surface area contributed by atoms with Crippen LogP contribution in [0, 0.1) is 26.9 Å². The molecule has 1 aromatic rings. The first-order valence-electron chi connectivity index (χ1n) is 4.77. The Labute approximate surface area is 107 Å². The highest BCUT2D eigenvalue weighted by Gasteiger charge is 2.06. The van der Waals surface area contributed by atoms with Crippen molar-refractivity contribution in [2.45, 2.75) is 19.6 Å². The monoisotopic (exact) mass is 324 g/mol. The fourth-order valence-electron chi connectivity index (χ4n) is 0.880. The first-order chi connectivity index (χ1) is 6.99. The summed E-state index contributed by atoms with van der Waals surface area (Å²) in [5.74, 6) is 8.94. The topological polar surface area (TPSA) is 0 Å². The van der Waals surface area contributed by atoms with Gasteiger partial charge in [0, 0.05) is 9.13 Å². The van der Waals surface area contributed by atoms with Gasteiger partial charge in [0.05, 0.1) is 0 Å². The fraction of sp³-hybridized carbons (Fsp3) is 0.231. The minimum absolute atomic E-state index is 1.06. The van der Waals surface area contributed by atoms with E-state index < -0.39 is 8.07 Å². The van der Waals surface area contributed by atoms with Gasteiger partial charge < -0.3 is 0 Å². The second kappa shape index (κ2) is 5.39. The molecule has 76 valence electrons. The Kier molecular flexibility index (Phi) is 4.44. The first kappa shape index (κ1) is 12.4. The molecule has 0 atom stereocenters. The van der Waals surface area contributed by atoms with E-state index in [2.05, 4.69) is 71.6 Å². The van der Waals surface area contributed by atoms with Crippen molar-refractivity contribution in [3.05, 3.63) is 33.4 Å². The average molecular weight is 324 g/mol. The largest absolute Gasteiger partial charge is 0.130 e. The minimum atomic E-state index is -1.27. The highest BCUT2D eigenvalue weighted by molar-refractivity contribution is 14.1. The Morgan fingerprint density at radius 3 is 2.33 bits per heavy atom. The van der Waals surface area contributed by atoms with Gasteiger partial charge in [0.2, 0.25) is 0 Å². The van der Waals surface area contributed by atoms with Crippen LogP contribution in [0.3, 0.4) is 0 Å². The molecule has 0 fully saturated rings. The van der Waals surface area contributed by atoms with Crippen molar-refractivity contribution in [1.82, 2.24) is 0 Å². The molecule has 0 unspecified atom stereocenters. The third kappa shape index (κ3) is 5.06. The molecular weight excluding hydrogens is 311 g/mol. The molecule has 0 saturated heterocycles. The Balaban J connectivity index is 2.83. The summed E-state index contributed by atoms with van der Waals surface area (Å²) < 4.78 is 1.18. The first-order valence-corrected chi connectivity index (χ1v) is 9.35. The van der Waals surface area contributed by atoms with Crippen molar-refractivity contribution in [3.63, 3.8) is 0 Å². The molecule has 0 amide bonds. The number of hydrogen-bond donors (Lipinski definition) is 0. The minimum Gasteiger partial charge on any atom is -0.118 e. The van der Waals surface area contributed by atoms with Gasteiger partial charge in [-0.15, -0.1) is 5.54 Å². The fourth-order valence-corrected chi connectivity index (χ4v) is 1.84. The number of benzene rings is 1. The van der Waals surface area contributed by atoms with Gasteiger partial charge in [-0.25, -0.2) is 0 Å². The lowest BCUT2D eigenvalue weighted by molar-refractivity contribution is 1.59. The Hall–Kier alpha value is -0.713. The standard InChI is InChI=1S/C13H13ISi/c1-15(2,3)11-7-6-9-12-8-4-5-10-13(12)14/h4-5,8,10H,1-3H3. The second-order valence-electron chi connectivity index (χ2n) is 4.23. The zero-order valence-corrected chi connectivity index (χ0v) is 12.3. The van der Waals surface area contributed by atoms with Crippen LogP contribution in [0.5, 0.6) is 0 Å². The van der Waals surface area contributed by atoms with E-state index >= 15 is 0 Å². The zero-order chi connectivity index (χ0) is 11.3. The van der Waals surface area contributed by atoms with Gasteiger partial charge in [0.15, 0.2) is 0 Å². The molecule has 1 rings (SSSR count). The summed E-state index contributed by atoms with van der Waals surface area (Å²) >= 11 is 2.29. The van der Waals surface area contributed by atoms with Gasteiger partial charge >= 0.3 is 0 Å². The van der Waals surface area contributed by atoms with Crippen molar-refractivity contribution < 1.29 is 0 Å². The molecule has 15 heavy (non-hydrogen) atoms. The molecule has 2 heteroatoms. The van der Waals surface area contributed by atoms with Crippen molar-refractivity contribution in [3.8, 4) is 23.3 Å². The van der Waals surface area contributed by atoms with Gasteiger partial charge in [0.1, 0.15) is 8.07 Å². The van der Waals surface area contributed by atoms with Crippen molar-refractivity contribution >= 4 is 30.7 Å². The maximum absolute atomic E-state index is 3.22. The highest BCUT2D eigenvalue weighted by Crippen LogP contribution is 2.09. The molecule has 0 bridgehead atoms. The number of halogens is 1. The van der Waals surface area contributed by atoms with E-state index in [1.807, 2.05) is 18.2 Å². The van der Waals surface area contributed by atoms with Crippen LogP contribution in [-0.4, -0.2) is 8.07 Å². The molecule has 0 aliphatic carbocycles. The van der Waals surface area contributed by atoms with E-state index in [0.29, 0.717) is 0 Å². The third-order valence-electron chi connectivity index (χ3n) is 1.57. The summed E-state index contributed by atoms with van der Waals surface area (Å²) in [7, 11) is -1.27. The van der Waals surface area contributed by atoms with E-state index in [4.69, 9.17) is 0 Å². The predicted octanol–water partition coefficient (Wildman–Crippen LogP) is 3.52.